The van der Waals surface area contributed by atoms with E-state index in [1.165, 1.54) is 13.0 Å². The highest BCUT2D eigenvalue weighted by Gasteiger charge is 2.35. The third-order valence-electron chi connectivity index (χ3n) is 3.17. The summed E-state index contributed by atoms with van der Waals surface area (Å²) in [6.45, 7) is 3.49. The normalized spacial score (nSPS) is 12.9. The molecule has 0 spiro atoms. The van der Waals surface area contributed by atoms with Crippen molar-refractivity contribution in [1.82, 2.24) is 4.31 Å². The lowest BCUT2D eigenvalue weighted by molar-refractivity contribution is -0.138. The fourth-order valence-electron chi connectivity index (χ4n) is 2.06. The molecule has 0 aliphatic rings. The Morgan fingerprint density at radius 1 is 1.29 bits per heavy atom. The molecule has 0 heterocycles. The van der Waals surface area contributed by atoms with Crippen LogP contribution in [-0.2, 0) is 16.2 Å². The molecule has 1 rings (SSSR count). The third-order valence-corrected chi connectivity index (χ3v) is 5.29. The lowest BCUT2D eigenvalue weighted by atomic mass is 10.1. The maximum atomic E-state index is 12.9. The lowest BCUT2D eigenvalue weighted by Gasteiger charge is -2.22. The highest BCUT2D eigenvalue weighted by atomic mass is 32.2. The first-order chi connectivity index (χ1) is 9.66. The molecule has 0 saturated heterocycles. The molecule has 0 aromatic heterocycles. The van der Waals surface area contributed by atoms with Crippen molar-refractivity contribution in [2.75, 3.05) is 19.6 Å². The Kier molecular flexibility index (Phi) is 5.77. The van der Waals surface area contributed by atoms with E-state index in [9.17, 15) is 21.6 Å². The molecule has 0 atom stereocenters. The van der Waals surface area contributed by atoms with Crippen LogP contribution in [0.15, 0.2) is 23.1 Å². The van der Waals surface area contributed by atoms with Gasteiger partial charge in [-0.1, -0.05) is 13.0 Å². The van der Waals surface area contributed by atoms with Crippen molar-refractivity contribution in [3.8, 4) is 0 Å². The molecule has 0 bridgehead atoms. The minimum Gasteiger partial charge on any atom is -0.330 e. The van der Waals surface area contributed by atoms with Gasteiger partial charge in [-0.15, -0.1) is 0 Å². The number of sulfonamides is 1. The molecule has 0 radical (unpaired) electrons. The standard InChI is InChI=1S/C13H19F3N2O2S/c1-3-18(9-5-8-17)21(19,20)12-7-4-6-11(10(12)2)13(14,15)16/h4,6-7H,3,5,8-9,17H2,1-2H3. The monoisotopic (exact) mass is 324 g/mol. The SMILES string of the molecule is CCN(CCCN)S(=O)(=O)c1cccc(C(F)(F)F)c1C. The van der Waals surface area contributed by atoms with E-state index in [1.807, 2.05) is 0 Å². The van der Waals surface area contributed by atoms with Gasteiger partial charge < -0.3 is 5.73 Å². The zero-order valence-corrected chi connectivity index (χ0v) is 12.8. The fourth-order valence-corrected chi connectivity index (χ4v) is 3.79. The van der Waals surface area contributed by atoms with Crippen LogP contribution in [0.1, 0.15) is 24.5 Å². The second-order valence-electron chi connectivity index (χ2n) is 4.57. The number of rotatable bonds is 6. The van der Waals surface area contributed by atoms with Crippen LogP contribution in [0.2, 0.25) is 0 Å². The number of nitrogens with zero attached hydrogens (tertiary/aromatic N) is 1. The van der Waals surface area contributed by atoms with Crippen molar-refractivity contribution in [3.63, 3.8) is 0 Å². The first-order valence-electron chi connectivity index (χ1n) is 6.53. The Balaban J connectivity index is 3.32. The number of nitrogens with two attached hydrogens (primary N) is 1. The molecule has 0 unspecified atom stereocenters. The number of benzene rings is 1. The molecule has 1 aromatic rings. The van der Waals surface area contributed by atoms with Gasteiger partial charge in [0, 0.05) is 13.1 Å². The fraction of sp³-hybridized carbons (Fsp3) is 0.538. The van der Waals surface area contributed by atoms with Gasteiger partial charge in [0.1, 0.15) is 0 Å². The maximum Gasteiger partial charge on any atom is 0.416 e. The summed E-state index contributed by atoms with van der Waals surface area (Å²) in [5, 5.41) is 0. The first-order valence-corrected chi connectivity index (χ1v) is 7.97. The molecule has 8 heteroatoms. The molecule has 120 valence electrons. The van der Waals surface area contributed by atoms with Gasteiger partial charge >= 0.3 is 6.18 Å². The predicted molar refractivity (Wildman–Crippen MR) is 74.3 cm³/mol. The Labute approximate surface area is 122 Å². The summed E-state index contributed by atoms with van der Waals surface area (Å²) in [6.07, 6.45) is -4.13. The number of halogens is 3. The quantitative estimate of drug-likeness (QED) is 0.874. The Morgan fingerprint density at radius 2 is 1.90 bits per heavy atom. The Bertz CT molecular complexity index is 586. The maximum absolute atomic E-state index is 12.9. The predicted octanol–water partition coefficient (Wildman–Crippen LogP) is 2.37. The van der Waals surface area contributed by atoms with Crippen LogP contribution in [0.3, 0.4) is 0 Å². The molecule has 1 aromatic carbocycles. The van der Waals surface area contributed by atoms with E-state index >= 15 is 0 Å². The van der Waals surface area contributed by atoms with E-state index in [4.69, 9.17) is 5.73 Å². The minimum absolute atomic E-state index is 0.179. The van der Waals surface area contributed by atoms with Crippen LogP contribution in [0.4, 0.5) is 13.2 Å². The van der Waals surface area contributed by atoms with Crippen molar-refractivity contribution in [2.45, 2.75) is 31.3 Å². The van der Waals surface area contributed by atoms with Gasteiger partial charge in [-0.25, -0.2) is 8.42 Å². The van der Waals surface area contributed by atoms with Crippen molar-refractivity contribution < 1.29 is 21.6 Å². The molecule has 0 amide bonds. The van der Waals surface area contributed by atoms with Crippen LogP contribution in [0.5, 0.6) is 0 Å². The molecular weight excluding hydrogens is 305 g/mol. The second-order valence-corrected chi connectivity index (χ2v) is 6.47. The molecule has 2 N–H and O–H groups in total. The molecule has 21 heavy (non-hydrogen) atoms. The van der Waals surface area contributed by atoms with Gasteiger partial charge in [0.05, 0.1) is 10.5 Å². The third kappa shape index (κ3) is 3.96. The molecule has 0 aliphatic carbocycles. The molecule has 4 nitrogen and oxygen atoms in total. The highest BCUT2D eigenvalue weighted by molar-refractivity contribution is 7.89. The van der Waals surface area contributed by atoms with Crippen LogP contribution in [0, 0.1) is 6.92 Å². The van der Waals surface area contributed by atoms with Gasteiger partial charge in [-0.3, -0.25) is 0 Å². The van der Waals surface area contributed by atoms with Crippen LogP contribution in [0.25, 0.3) is 0 Å². The molecule has 0 fully saturated rings. The Morgan fingerprint density at radius 3 is 2.38 bits per heavy atom. The largest absolute Gasteiger partial charge is 0.416 e. The van der Waals surface area contributed by atoms with Gasteiger partial charge in [0.15, 0.2) is 0 Å². The number of alkyl halides is 3. The van der Waals surface area contributed by atoms with Crippen LogP contribution < -0.4 is 5.73 Å². The van der Waals surface area contributed by atoms with E-state index in [2.05, 4.69) is 0 Å². The molecule has 0 aliphatic heterocycles. The van der Waals surface area contributed by atoms with Crippen LogP contribution >= 0.6 is 0 Å². The van der Waals surface area contributed by atoms with Gasteiger partial charge in [0.2, 0.25) is 10.0 Å². The molecule has 0 saturated carbocycles. The zero-order chi connectivity index (χ0) is 16.3. The topological polar surface area (TPSA) is 63.4 Å². The summed E-state index contributed by atoms with van der Waals surface area (Å²) in [7, 11) is -3.96. The number of hydrogen-bond donors (Lipinski definition) is 1. The lowest BCUT2D eigenvalue weighted by Crippen LogP contribution is -2.33. The van der Waals surface area contributed by atoms with Crippen molar-refractivity contribution in [3.05, 3.63) is 29.3 Å². The second kappa shape index (κ2) is 6.76. The summed E-state index contributed by atoms with van der Waals surface area (Å²) < 4.78 is 64.7. The summed E-state index contributed by atoms with van der Waals surface area (Å²) in [5.74, 6) is 0. The highest BCUT2D eigenvalue weighted by Crippen LogP contribution is 2.34. The van der Waals surface area contributed by atoms with Gasteiger partial charge in [-0.05, 0) is 37.6 Å². The zero-order valence-electron chi connectivity index (χ0n) is 11.9. The van der Waals surface area contributed by atoms with E-state index in [0.717, 1.165) is 16.4 Å². The van der Waals surface area contributed by atoms with E-state index in [0.29, 0.717) is 13.0 Å². The average Bonchev–Trinajstić information content (AvgIpc) is 2.38. The Hall–Kier alpha value is -1.12. The van der Waals surface area contributed by atoms with Crippen molar-refractivity contribution in [1.29, 1.82) is 0 Å². The summed E-state index contributed by atoms with van der Waals surface area (Å²) >= 11 is 0. The summed E-state index contributed by atoms with van der Waals surface area (Å²) in [5.41, 5.74) is 4.14. The minimum atomic E-state index is -4.58. The first kappa shape index (κ1) is 17.9. The van der Waals surface area contributed by atoms with Gasteiger partial charge in [-0.2, -0.15) is 17.5 Å². The van der Waals surface area contributed by atoms with E-state index in [-0.39, 0.29) is 23.5 Å². The van der Waals surface area contributed by atoms with E-state index in [1.54, 1.807) is 6.92 Å². The number of hydrogen-bond acceptors (Lipinski definition) is 3. The summed E-state index contributed by atoms with van der Waals surface area (Å²) in [6, 6.07) is 3.19. The average molecular weight is 324 g/mol. The van der Waals surface area contributed by atoms with E-state index < -0.39 is 21.8 Å². The van der Waals surface area contributed by atoms with Crippen molar-refractivity contribution in [2.24, 2.45) is 5.73 Å². The smallest absolute Gasteiger partial charge is 0.330 e. The van der Waals surface area contributed by atoms with Gasteiger partial charge in [0.25, 0.3) is 0 Å². The van der Waals surface area contributed by atoms with Crippen molar-refractivity contribution >= 4 is 10.0 Å². The van der Waals surface area contributed by atoms with Crippen LogP contribution in [-0.4, -0.2) is 32.4 Å². The molecular formula is C13H19F3N2O2S. The summed E-state index contributed by atoms with van der Waals surface area (Å²) in [4.78, 5) is -0.309.